The summed E-state index contributed by atoms with van der Waals surface area (Å²) in [5, 5.41) is 0.618. The van der Waals surface area contributed by atoms with E-state index in [1.165, 1.54) is 12.3 Å². The molecular weight excluding hydrogens is 345 g/mol. The van der Waals surface area contributed by atoms with Crippen molar-refractivity contribution in [3.05, 3.63) is 40.9 Å². The molecule has 4 nitrogen and oxygen atoms in total. The molecule has 134 valence electrons. The van der Waals surface area contributed by atoms with Gasteiger partial charge in [-0.05, 0) is 51.8 Å². The van der Waals surface area contributed by atoms with Crippen molar-refractivity contribution >= 4 is 34.2 Å². The standard InChI is InChI=1S/C19H21ClFNO3/c1-11-9-12(5-7-22(11)18(23)25-19(2,3)4)14-10-15(21)16(20)13-6-8-24-17(13)14/h5-6,8,10-11H,7,9H2,1-4H3. The van der Waals surface area contributed by atoms with E-state index in [2.05, 4.69) is 0 Å². The van der Waals surface area contributed by atoms with Crippen LogP contribution in [-0.4, -0.2) is 29.2 Å². The number of amides is 1. The molecule has 0 saturated heterocycles. The van der Waals surface area contributed by atoms with Gasteiger partial charge in [0, 0.05) is 23.5 Å². The highest BCUT2D eigenvalue weighted by molar-refractivity contribution is 6.35. The van der Waals surface area contributed by atoms with E-state index in [9.17, 15) is 9.18 Å². The van der Waals surface area contributed by atoms with Crippen molar-refractivity contribution < 1.29 is 18.3 Å². The first-order valence-electron chi connectivity index (χ1n) is 8.21. The highest BCUT2D eigenvalue weighted by Crippen LogP contribution is 2.37. The molecule has 0 fully saturated rings. The molecule has 1 aliphatic rings. The van der Waals surface area contributed by atoms with E-state index in [0.29, 0.717) is 29.5 Å². The Labute approximate surface area is 151 Å². The molecule has 1 aromatic carbocycles. The summed E-state index contributed by atoms with van der Waals surface area (Å²) in [6.07, 6.45) is 3.64. The fourth-order valence-corrected chi connectivity index (χ4v) is 3.21. The first-order valence-corrected chi connectivity index (χ1v) is 8.59. The number of halogens is 2. The number of carbonyl (C=O) groups excluding carboxylic acids is 1. The summed E-state index contributed by atoms with van der Waals surface area (Å²) in [6, 6.07) is 2.98. The minimum absolute atomic E-state index is 0.0624. The van der Waals surface area contributed by atoms with Crippen LogP contribution in [0.4, 0.5) is 9.18 Å². The number of hydrogen-bond acceptors (Lipinski definition) is 3. The molecule has 6 heteroatoms. The topological polar surface area (TPSA) is 42.7 Å². The molecule has 1 aromatic heterocycles. The van der Waals surface area contributed by atoms with E-state index in [1.54, 1.807) is 11.0 Å². The van der Waals surface area contributed by atoms with E-state index in [4.69, 9.17) is 20.8 Å². The van der Waals surface area contributed by atoms with Crippen LogP contribution < -0.4 is 0 Å². The second-order valence-corrected chi connectivity index (χ2v) is 7.68. The Morgan fingerprint density at radius 1 is 1.44 bits per heavy atom. The molecule has 1 aliphatic heterocycles. The SMILES string of the molecule is CC1CC(c2cc(F)c(Cl)c3ccoc23)=CCN1C(=O)OC(C)(C)C. The van der Waals surface area contributed by atoms with Crippen molar-refractivity contribution in [2.45, 2.75) is 45.8 Å². The molecule has 1 atom stereocenters. The van der Waals surface area contributed by atoms with Crippen LogP contribution in [-0.2, 0) is 4.74 Å². The second-order valence-electron chi connectivity index (χ2n) is 7.30. The van der Waals surface area contributed by atoms with Gasteiger partial charge < -0.3 is 14.1 Å². The maximum Gasteiger partial charge on any atom is 0.410 e. The van der Waals surface area contributed by atoms with Gasteiger partial charge in [-0.2, -0.15) is 0 Å². The van der Waals surface area contributed by atoms with Crippen LogP contribution in [0.5, 0.6) is 0 Å². The first-order chi connectivity index (χ1) is 11.7. The minimum Gasteiger partial charge on any atom is -0.464 e. The third-order valence-electron chi connectivity index (χ3n) is 4.18. The lowest BCUT2D eigenvalue weighted by Crippen LogP contribution is -2.44. The zero-order chi connectivity index (χ0) is 18.4. The van der Waals surface area contributed by atoms with Crippen molar-refractivity contribution in [1.82, 2.24) is 4.90 Å². The summed E-state index contributed by atoms with van der Waals surface area (Å²) < 4.78 is 25.1. The summed E-state index contributed by atoms with van der Waals surface area (Å²) in [5.74, 6) is -0.478. The second kappa shape index (κ2) is 6.37. The van der Waals surface area contributed by atoms with Crippen LogP contribution in [0.2, 0.25) is 5.02 Å². The van der Waals surface area contributed by atoms with Crippen LogP contribution in [0.25, 0.3) is 16.5 Å². The Morgan fingerprint density at radius 2 is 2.16 bits per heavy atom. The molecule has 2 heterocycles. The fraction of sp³-hybridized carbons (Fsp3) is 0.421. The third-order valence-corrected chi connectivity index (χ3v) is 4.57. The van der Waals surface area contributed by atoms with Gasteiger partial charge in [-0.1, -0.05) is 17.7 Å². The van der Waals surface area contributed by atoms with Crippen molar-refractivity contribution in [3.63, 3.8) is 0 Å². The Kier molecular flexibility index (Phi) is 4.54. The average Bonchev–Trinajstić information content (AvgIpc) is 2.98. The van der Waals surface area contributed by atoms with E-state index in [0.717, 1.165) is 5.57 Å². The van der Waals surface area contributed by atoms with Crippen LogP contribution in [0.1, 0.15) is 39.7 Å². The maximum atomic E-state index is 14.1. The molecule has 0 bridgehead atoms. The molecule has 1 unspecified atom stereocenters. The zero-order valence-electron chi connectivity index (χ0n) is 14.7. The van der Waals surface area contributed by atoms with Crippen molar-refractivity contribution in [2.24, 2.45) is 0 Å². The van der Waals surface area contributed by atoms with Gasteiger partial charge in [0.2, 0.25) is 0 Å². The predicted molar refractivity (Wildman–Crippen MR) is 96.2 cm³/mol. The van der Waals surface area contributed by atoms with Gasteiger partial charge in [-0.15, -0.1) is 0 Å². The number of rotatable bonds is 1. The Hall–Kier alpha value is -2.01. The van der Waals surface area contributed by atoms with E-state index in [1.807, 2.05) is 33.8 Å². The van der Waals surface area contributed by atoms with Gasteiger partial charge in [0.25, 0.3) is 0 Å². The summed E-state index contributed by atoms with van der Waals surface area (Å²) in [6.45, 7) is 7.86. The monoisotopic (exact) mass is 365 g/mol. The maximum absolute atomic E-state index is 14.1. The van der Waals surface area contributed by atoms with Crippen LogP contribution in [0.15, 0.2) is 28.9 Å². The van der Waals surface area contributed by atoms with Gasteiger partial charge in [-0.25, -0.2) is 9.18 Å². The molecule has 0 spiro atoms. The van der Waals surface area contributed by atoms with Gasteiger partial charge in [0.1, 0.15) is 17.0 Å². The third kappa shape index (κ3) is 3.52. The highest BCUT2D eigenvalue weighted by Gasteiger charge is 2.29. The molecule has 1 amide bonds. The predicted octanol–water partition coefficient (Wildman–Crippen LogP) is 5.64. The molecule has 2 aromatic rings. The summed E-state index contributed by atoms with van der Waals surface area (Å²) >= 11 is 6.01. The zero-order valence-corrected chi connectivity index (χ0v) is 15.5. The number of ether oxygens (including phenoxy) is 1. The average molecular weight is 366 g/mol. The Bertz CT molecular complexity index is 850. The van der Waals surface area contributed by atoms with Crippen LogP contribution in [0.3, 0.4) is 0 Å². The van der Waals surface area contributed by atoms with E-state index >= 15 is 0 Å². The molecule has 0 aliphatic carbocycles. The Balaban J connectivity index is 1.90. The minimum atomic E-state index is -0.541. The van der Waals surface area contributed by atoms with E-state index < -0.39 is 11.4 Å². The summed E-state index contributed by atoms with van der Waals surface area (Å²) in [5.41, 5.74) is 1.64. The van der Waals surface area contributed by atoms with Gasteiger partial charge >= 0.3 is 6.09 Å². The van der Waals surface area contributed by atoms with Crippen molar-refractivity contribution in [2.75, 3.05) is 6.54 Å². The fourth-order valence-electron chi connectivity index (χ4n) is 3.01. The lowest BCUT2D eigenvalue weighted by Gasteiger charge is -2.34. The van der Waals surface area contributed by atoms with Crippen LogP contribution >= 0.6 is 11.6 Å². The van der Waals surface area contributed by atoms with Gasteiger partial charge in [-0.3, -0.25) is 0 Å². The first kappa shape index (κ1) is 17.8. The van der Waals surface area contributed by atoms with E-state index in [-0.39, 0.29) is 17.2 Å². The number of fused-ring (bicyclic) bond motifs is 1. The normalized spacial score (nSPS) is 18.4. The van der Waals surface area contributed by atoms with Crippen molar-refractivity contribution in [3.8, 4) is 0 Å². The molecule has 0 N–H and O–H groups in total. The van der Waals surface area contributed by atoms with Crippen molar-refractivity contribution in [1.29, 1.82) is 0 Å². The molecule has 3 rings (SSSR count). The molecular formula is C19H21ClFNO3. The van der Waals surface area contributed by atoms with Gasteiger partial charge in [0.05, 0.1) is 11.3 Å². The smallest absolute Gasteiger partial charge is 0.410 e. The number of furan rings is 1. The van der Waals surface area contributed by atoms with Gasteiger partial charge in [0.15, 0.2) is 0 Å². The Morgan fingerprint density at radius 3 is 2.80 bits per heavy atom. The quantitative estimate of drug-likeness (QED) is 0.657. The summed E-state index contributed by atoms with van der Waals surface area (Å²) in [7, 11) is 0. The number of nitrogens with zero attached hydrogens (tertiary/aromatic N) is 1. The molecule has 25 heavy (non-hydrogen) atoms. The summed E-state index contributed by atoms with van der Waals surface area (Å²) in [4.78, 5) is 14.0. The highest BCUT2D eigenvalue weighted by atomic mass is 35.5. The largest absolute Gasteiger partial charge is 0.464 e. The van der Waals surface area contributed by atoms with Crippen LogP contribution in [0, 0.1) is 5.82 Å². The number of carbonyl (C=O) groups is 1. The number of hydrogen-bond donors (Lipinski definition) is 0. The molecule has 0 saturated carbocycles. The molecule has 0 radical (unpaired) electrons. The lowest BCUT2D eigenvalue weighted by molar-refractivity contribution is 0.0199. The number of benzene rings is 1. The lowest BCUT2D eigenvalue weighted by atomic mass is 9.94.